The number of anilines is 5. The summed E-state index contributed by atoms with van der Waals surface area (Å²) in [7, 11) is 4.35. The number of urea groups is 1. The number of carbonyl (C=O) groups is 3. The molecule has 0 aliphatic heterocycles. The molecular weight excluding hydrogens is 600 g/mol. The number of nitrogens with zero attached hydrogens (tertiary/aromatic N) is 4. The number of carbonyl (C=O) groups excluding carboxylic acids is 2. The van der Waals surface area contributed by atoms with Crippen LogP contribution in [0.25, 0.3) is 0 Å². The Morgan fingerprint density at radius 3 is 2.20 bits per heavy atom. The summed E-state index contributed by atoms with van der Waals surface area (Å²) in [5, 5.41) is 22.1. The van der Waals surface area contributed by atoms with E-state index in [-0.39, 0.29) is 33.0 Å². The van der Waals surface area contributed by atoms with Gasteiger partial charge >= 0.3 is 18.2 Å². The van der Waals surface area contributed by atoms with Crippen LogP contribution in [0.4, 0.5) is 46.8 Å². The number of halogens is 5. The zero-order chi connectivity index (χ0) is 30.9. The minimum Gasteiger partial charge on any atom is -0.495 e. The lowest BCUT2D eigenvalue weighted by molar-refractivity contribution is -0.192. The summed E-state index contributed by atoms with van der Waals surface area (Å²) in [6.07, 6.45) is -1.24. The number of amides is 3. The number of hydrogen-bond donors (Lipinski definition) is 5. The Kier molecular flexibility index (Phi) is 11.1. The Hall–Kier alpha value is -4.77. The SMILES string of the molecule is C=CC(=O)Nc1[nH]ncc1Nc1cc(N(C)C(=O)Nc2c(Cl)c(OC)cc(OC)c2Cl)ncn1.O=C(O)C(F)(F)F. The first-order valence-electron chi connectivity index (χ1n) is 10.7. The van der Waals surface area contributed by atoms with Gasteiger partial charge in [-0.2, -0.15) is 18.3 Å². The van der Waals surface area contributed by atoms with E-state index in [4.69, 9.17) is 42.6 Å². The Labute approximate surface area is 239 Å². The lowest BCUT2D eigenvalue weighted by atomic mass is 10.2. The number of carboxylic acid groups (broad SMARTS) is 1. The van der Waals surface area contributed by atoms with Gasteiger partial charge in [0.15, 0.2) is 5.82 Å². The molecular formula is C22H21Cl2F3N8O6. The summed E-state index contributed by atoms with van der Waals surface area (Å²) in [4.78, 5) is 42.8. The molecule has 0 aliphatic carbocycles. The fourth-order valence-electron chi connectivity index (χ4n) is 2.68. The number of aromatic nitrogens is 4. The Bertz CT molecular complexity index is 1410. The van der Waals surface area contributed by atoms with Crippen LogP contribution >= 0.6 is 23.2 Å². The van der Waals surface area contributed by atoms with E-state index in [1.807, 2.05) is 0 Å². The molecule has 2 heterocycles. The van der Waals surface area contributed by atoms with Crippen molar-refractivity contribution < 1.29 is 42.1 Å². The average molecular weight is 621 g/mol. The fourth-order valence-corrected chi connectivity index (χ4v) is 3.27. The number of alkyl halides is 3. The number of rotatable bonds is 8. The Morgan fingerprint density at radius 2 is 1.68 bits per heavy atom. The number of ether oxygens (including phenoxy) is 2. The van der Waals surface area contributed by atoms with Gasteiger partial charge in [0, 0.05) is 19.2 Å². The molecule has 3 aromatic rings. The number of aliphatic carboxylic acids is 1. The minimum atomic E-state index is -5.08. The van der Waals surface area contributed by atoms with E-state index < -0.39 is 24.1 Å². The van der Waals surface area contributed by atoms with Crippen LogP contribution < -0.4 is 30.3 Å². The fraction of sp³-hybridized carbons (Fsp3) is 0.182. The van der Waals surface area contributed by atoms with E-state index in [9.17, 15) is 22.8 Å². The van der Waals surface area contributed by atoms with Crippen molar-refractivity contribution in [3.63, 3.8) is 0 Å². The van der Waals surface area contributed by atoms with Crippen molar-refractivity contribution in [2.75, 3.05) is 42.1 Å². The van der Waals surface area contributed by atoms with E-state index in [0.717, 1.165) is 6.08 Å². The molecule has 41 heavy (non-hydrogen) atoms. The van der Waals surface area contributed by atoms with Crippen LogP contribution in [0.1, 0.15) is 0 Å². The molecule has 0 radical (unpaired) electrons. The summed E-state index contributed by atoms with van der Waals surface area (Å²) in [5.74, 6) is -1.74. The largest absolute Gasteiger partial charge is 0.495 e. The molecule has 0 fully saturated rings. The quantitative estimate of drug-likeness (QED) is 0.221. The topological polar surface area (TPSA) is 184 Å². The third-order valence-electron chi connectivity index (χ3n) is 4.68. The molecule has 0 saturated heterocycles. The third kappa shape index (κ3) is 8.61. The van der Waals surface area contributed by atoms with Gasteiger partial charge in [-0.05, 0) is 6.08 Å². The van der Waals surface area contributed by atoms with Crippen LogP contribution in [-0.4, -0.2) is 70.6 Å². The number of nitrogens with one attached hydrogen (secondary N) is 4. The molecule has 19 heteroatoms. The average Bonchev–Trinajstić information content (AvgIpc) is 3.36. The van der Waals surface area contributed by atoms with E-state index in [2.05, 4.69) is 42.7 Å². The molecule has 0 aliphatic rings. The Balaban J connectivity index is 0.000000745. The first-order valence-corrected chi connectivity index (χ1v) is 11.5. The summed E-state index contributed by atoms with van der Waals surface area (Å²) in [6, 6.07) is 2.43. The lowest BCUT2D eigenvalue weighted by Crippen LogP contribution is -2.32. The standard InChI is InChI=1S/C20H20Cl2N8O4.C2HF3O2/c1-5-15(31)27-19-10(8-25-29-19)26-13-7-14(24-9-23-13)30(2)20(32)28-18-16(21)11(33-3)6-12(34-4)17(18)22;3-2(4,5)1(6)7/h5-9H,1H2,2-4H3,(H,28,32)(H,23,24,26)(H2,25,27,29,31);(H,6,7). The highest BCUT2D eigenvalue weighted by Crippen LogP contribution is 2.44. The van der Waals surface area contributed by atoms with Crippen LogP contribution in [0.15, 0.2) is 37.3 Å². The molecule has 3 rings (SSSR count). The first-order chi connectivity index (χ1) is 19.2. The molecule has 220 valence electrons. The lowest BCUT2D eigenvalue weighted by Gasteiger charge is -2.20. The van der Waals surface area contributed by atoms with Gasteiger partial charge < -0.3 is 30.5 Å². The summed E-state index contributed by atoms with van der Waals surface area (Å²) in [6.45, 7) is 3.40. The number of H-pyrrole nitrogens is 1. The van der Waals surface area contributed by atoms with Crippen LogP contribution in [0.5, 0.6) is 11.5 Å². The zero-order valence-corrected chi connectivity index (χ0v) is 22.8. The van der Waals surface area contributed by atoms with Crippen LogP contribution in [0, 0.1) is 0 Å². The number of methoxy groups -OCH3 is 2. The molecule has 0 spiro atoms. The summed E-state index contributed by atoms with van der Waals surface area (Å²) < 4.78 is 42.2. The highest BCUT2D eigenvalue weighted by Gasteiger charge is 2.38. The number of carboxylic acids is 1. The van der Waals surface area contributed by atoms with Gasteiger partial charge in [-0.1, -0.05) is 29.8 Å². The second-order valence-electron chi connectivity index (χ2n) is 7.31. The van der Waals surface area contributed by atoms with Gasteiger partial charge in [-0.25, -0.2) is 19.6 Å². The molecule has 0 bridgehead atoms. The van der Waals surface area contributed by atoms with Gasteiger partial charge in [-0.15, -0.1) is 0 Å². The van der Waals surface area contributed by atoms with Crippen LogP contribution in [-0.2, 0) is 9.59 Å². The monoisotopic (exact) mass is 620 g/mol. The predicted octanol–water partition coefficient (Wildman–Crippen LogP) is 4.69. The zero-order valence-electron chi connectivity index (χ0n) is 21.3. The number of benzene rings is 1. The maximum absolute atomic E-state index is 12.9. The van der Waals surface area contributed by atoms with E-state index >= 15 is 0 Å². The summed E-state index contributed by atoms with van der Waals surface area (Å²) >= 11 is 12.7. The highest BCUT2D eigenvalue weighted by atomic mass is 35.5. The van der Waals surface area contributed by atoms with Crippen molar-refractivity contribution in [1.29, 1.82) is 0 Å². The Morgan fingerprint density at radius 1 is 1.10 bits per heavy atom. The van der Waals surface area contributed by atoms with E-state index in [0.29, 0.717) is 17.3 Å². The van der Waals surface area contributed by atoms with Gasteiger partial charge in [0.25, 0.3) is 0 Å². The van der Waals surface area contributed by atoms with Crippen molar-refractivity contribution in [1.82, 2.24) is 20.2 Å². The van der Waals surface area contributed by atoms with Crippen LogP contribution in [0.2, 0.25) is 10.0 Å². The molecule has 1 aromatic carbocycles. The van der Waals surface area contributed by atoms with Gasteiger partial charge in [-0.3, -0.25) is 14.8 Å². The predicted molar refractivity (Wildman–Crippen MR) is 143 cm³/mol. The van der Waals surface area contributed by atoms with Crippen molar-refractivity contribution in [3.8, 4) is 11.5 Å². The van der Waals surface area contributed by atoms with E-state index in [1.165, 1.54) is 50.8 Å². The maximum atomic E-state index is 12.9. The number of hydrogen-bond acceptors (Lipinski definition) is 9. The smallest absolute Gasteiger partial charge is 0.490 e. The molecule has 0 saturated carbocycles. The number of aromatic amines is 1. The van der Waals surface area contributed by atoms with Gasteiger partial charge in [0.05, 0.1) is 26.1 Å². The second kappa shape index (κ2) is 14.0. The van der Waals surface area contributed by atoms with Crippen molar-refractivity contribution >= 4 is 69.9 Å². The molecule has 0 atom stereocenters. The second-order valence-corrected chi connectivity index (χ2v) is 8.07. The van der Waals surface area contributed by atoms with Crippen molar-refractivity contribution in [2.24, 2.45) is 0 Å². The highest BCUT2D eigenvalue weighted by molar-refractivity contribution is 6.41. The minimum absolute atomic E-state index is 0.106. The first kappa shape index (κ1) is 32.4. The molecule has 3 amide bonds. The maximum Gasteiger partial charge on any atom is 0.490 e. The van der Waals surface area contributed by atoms with Crippen molar-refractivity contribution in [3.05, 3.63) is 47.4 Å². The molecule has 0 unspecified atom stereocenters. The third-order valence-corrected chi connectivity index (χ3v) is 5.44. The molecule has 14 nitrogen and oxygen atoms in total. The summed E-state index contributed by atoms with van der Waals surface area (Å²) in [5.41, 5.74) is 0.554. The van der Waals surface area contributed by atoms with Crippen molar-refractivity contribution in [2.45, 2.75) is 6.18 Å². The van der Waals surface area contributed by atoms with Gasteiger partial charge in [0.2, 0.25) is 5.91 Å². The van der Waals surface area contributed by atoms with Crippen LogP contribution in [0.3, 0.4) is 0 Å². The molecule has 5 N–H and O–H groups in total. The molecule has 2 aromatic heterocycles. The van der Waals surface area contributed by atoms with E-state index in [1.54, 1.807) is 0 Å². The normalized spacial score (nSPS) is 10.4. The van der Waals surface area contributed by atoms with Gasteiger partial charge in [0.1, 0.15) is 45.2 Å².